The summed E-state index contributed by atoms with van der Waals surface area (Å²) in [7, 11) is 0. The molecule has 0 spiro atoms. The van der Waals surface area contributed by atoms with Crippen molar-refractivity contribution in [1.29, 1.82) is 0 Å². The fourth-order valence-electron chi connectivity index (χ4n) is 5.21. The number of likely N-dealkylation sites (tertiary alicyclic amines) is 1. The molecule has 1 saturated heterocycles. The Balaban J connectivity index is 1.45. The number of pyridine rings is 2. The van der Waals surface area contributed by atoms with Crippen LogP contribution in [0.25, 0.3) is 21.7 Å². The lowest BCUT2D eigenvalue weighted by Gasteiger charge is -2.33. The highest BCUT2D eigenvalue weighted by atomic mass is 35.5. The van der Waals surface area contributed by atoms with Crippen molar-refractivity contribution in [3.8, 4) is 0 Å². The van der Waals surface area contributed by atoms with E-state index in [0.717, 1.165) is 47.7 Å². The van der Waals surface area contributed by atoms with E-state index in [1.54, 1.807) is 25.1 Å². The van der Waals surface area contributed by atoms with E-state index in [4.69, 9.17) is 21.6 Å². The molecule has 192 valence electrons. The van der Waals surface area contributed by atoms with Crippen LogP contribution in [-0.4, -0.2) is 39.8 Å². The Morgan fingerprint density at radius 2 is 1.97 bits per heavy atom. The van der Waals surface area contributed by atoms with Crippen molar-refractivity contribution in [1.82, 2.24) is 14.9 Å². The molecule has 0 radical (unpaired) electrons. The maximum Gasteiger partial charge on any atom is 0.159 e. The first-order valence-corrected chi connectivity index (χ1v) is 13.5. The number of benzene rings is 2. The molecular formula is C30H32ClFN4O. The number of halogens is 2. The summed E-state index contributed by atoms with van der Waals surface area (Å²) in [6.07, 6.45) is 8.96. The second-order valence-corrected chi connectivity index (χ2v) is 10.5. The molecule has 1 aliphatic rings. The van der Waals surface area contributed by atoms with Crippen LogP contribution < -0.4 is 5.32 Å². The number of nitrogens with zero attached hydrogens (tertiary/aromatic N) is 3. The van der Waals surface area contributed by atoms with Crippen LogP contribution in [-0.2, 0) is 6.42 Å². The Kier molecular flexibility index (Phi) is 7.68. The summed E-state index contributed by atoms with van der Waals surface area (Å²) in [5.41, 5.74) is 2.95. The summed E-state index contributed by atoms with van der Waals surface area (Å²) in [6.45, 7) is 6.23. The van der Waals surface area contributed by atoms with Gasteiger partial charge in [-0.05, 0) is 89.4 Å². The summed E-state index contributed by atoms with van der Waals surface area (Å²) >= 11 is 6.02. The SMILES string of the molecule is CC(=O)c1ccc2c(c1)nc(Nc1ccc(F)c(Cl)c1)c1cc(CCCCN3CCCCC3C)ncc12. The van der Waals surface area contributed by atoms with Gasteiger partial charge in [-0.3, -0.25) is 9.78 Å². The van der Waals surface area contributed by atoms with Crippen molar-refractivity contribution in [2.24, 2.45) is 0 Å². The second kappa shape index (κ2) is 11.1. The Morgan fingerprint density at radius 1 is 1.11 bits per heavy atom. The van der Waals surface area contributed by atoms with Gasteiger partial charge >= 0.3 is 0 Å². The van der Waals surface area contributed by atoms with E-state index in [9.17, 15) is 9.18 Å². The molecule has 2 aromatic carbocycles. The molecule has 1 N–H and O–H groups in total. The first-order valence-electron chi connectivity index (χ1n) is 13.1. The largest absolute Gasteiger partial charge is 0.340 e. The van der Waals surface area contributed by atoms with Gasteiger partial charge in [-0.15, -0.1) is 0 Å². The number of Topliss-reactive ketones (excluding diaryl/α,β-unsaturated/α-hetero) is 1. The van der Waals surface area contributed by atoms with Gasteiger partial charge in [-0.2, -0.15) is 0 Å². The van der Waals surface area contributed by atoms with Crippen LogP contribution in [0.4, 0.5) is 15.9 Å². The predicted octanol–water partition coefficient (Wildman–Crippen LogP) is 7.72. The third kappa shape index (κ3) is 5.76. The second-order valence-electron chi connectivity index (χ2n) is 10.1. The van der Waals surface area contributed by atoms with Crippen molar-refractivity contribution in [2.75, 3.05) is 18.4 Å². The Labute approximate surface area is 222 Å². The zero-order valence-electron chi connectivity index (χ0n) is 21.4. The fourth-order valence-corrected chi connectivity index (χ4v) is 5.39. The first-order chi connectivity index (χ1) is 17.9. The third-order valence-electron chi connectivity index (χ3n) is 7.39. The predicted molar refractivity (Wildman–Crippen MR) is 150 cm³/mol. The van der Waals surface area contributed by atoms with Gasteiger partial charge in [-0.25, -0.2) is 9.37 Å². The number of rotatable bonds is 8. The van der Waals surface area contributed by atoms with Gasteiger partial charge in [0, 0.05) is 45.3 Å². The molecule has 5 rings (SSSR count). The lowest BCUT2D eigenvalue weighted by molar-refractivity contribution is 0.101. The highest BCUT2D eigenvalue weighted by Gasteiger charge is 2.17. The number of hydrogen-bond acceptors (Lipinski definition) is 5. The van der Waals surface area contributed by atoms with Crippen molar-refractivity contribution in [2.45, 2.75) is 58.4 Å². The van der Waals surface area contributed by atoms with Gasteiger partial charge in [0.05, 0.1) is 10.5 Å². The van der Waals surface area contributed by atoms with Crippen LogP contribution >= 0.6 is 11.6 Å². The minimum atomic E-state index is -0.472. The van der Waals surface area contributed by atoms with Gasteiger partial charge in [-0.1, -0.05) is 30.2 Å². The standard InChI is InChI=1S/C30H32ClFN4O/c1-19-7-3-5-13-36(19)14-6-4-8-22-16-25-26(18-33-22)24-11-9-21(20(2)37)15-29(24)35-30(25)34-23-10-12-28(32)27(31)17-23/h9-12,15-19H,3-8,13-14H2,1-2H3,(H,34,35). The molecule has 4 aromatic rings. The number of aryl methyl sites for hydroxylation is 1. The van der Waals surface area contributed by atoms with Crippen LogP contribution in [0.3, 0.4) is 0 Å². The van der Waals surface area contributed by atoms with E-state index >= 15 is 0 Å². The van der Waals surface area contributed by atoms with E-state index in [2.05, 4.69) is 23.2 Å². The number of aromatic nitrogens is 2. The van der Waals surface area contributed by atoms with E-state index < -0.39 is 5.82 Å². The Bertz CT molecular complexity index is 1460. The number of ketones is 1. The van der Waals surface area contributed by atoms with E-state index in [0.29, 0.717) is 28.6 Å². The van der Waals surface area contributed by atoms with Crippen LogP contribution in [0.15, 0.2) is 48.7 Å². The Hall–Kier alpha value is -3.09. The number of carbonyl (C=O) groups is 1. The van der Waals surface area contributed by atoms with Gasteiger partial charge in [0.15, 0.2) is 5.78 Å². The van der Waals surface area contributed by atoms with Crippen molar-refractivity contribution in [3.05, 3.63) is 70.8 Å². The average molecular weight is 519 g/mol. The average Bonchev–Trinajstić information content (AvgIpc) is 2.89. The summed E-state index contributed by atoms with van der Waals surface area (Å²) < 4.78 is 13.7. The lowest BCUT2D eigenvalue weighted by atomic mass is 10.0. The minimum absolute atomic E-state index is 0.0176. The number of anilines is 2. The van der Waals surface area contributed by atoms with E-state index in [-0.39, 0.29) is 10.8 Å². The van der Waals surface area contributed by atoms with Crippen LogP contribution in [0.2, 0.25) is 5.02 Å². The van der Waals surface area contributed by atoms with Crippen LogP contribution in [0.5, 0.6) is 0 Å². The maximum absolute atomic E-state index is 13.7. The molecule has 1 atom stereocenters. The molecule has 1 aliphatic heterocycles. The van der Waals surface area contributed by atoms with Gasteiger partial charge < -0.3 is 10.2 Å². The number of piperidine rings is 1. The molecule has 0 amide bonds. The van der Waals surface area contributed by atoms with Gasteiger partial charge in [0.1, 0.15) is 11.6 Å². The Morgan fingerprint density at radius 3 is 2.76 bits per heavy atom. The van der Waals surface area contributed by atoms with Crippen molar-refractivity contribution in [3.63, 3.8) is 0 Å². The topological polar surface area (TPSA) is 58.1 Å². The monoisotopic (exact) mass is 518 g/mol. The molecule has 5 nitrogen and oxygen atoms in total. The highest BCUT2D eigenvalue weighted by Crippen LogP contribution is 2.33. The van der Waals surface area contributed by atoms with Crippen molar-refractivity contribution < 1.29 is 9.18 Å². The zero-order chi connectivity index (χ0) is 25.9. The summed E-state index contributed by atoms with van der Waals surface area (Å²) in [5, 5.41) is 6.16. The number of unbranched alkanes of at least 4 members (excludes halogenated alkanes) is 1. The van der Waals surface area contributed by atoms with Crippen LogP contribution in [0.1, 0.15) is 62.0 Å². The van der Waals surface area contributed by atoms with Gasteiger partial charge in [0.25, 0.3) is 0 Å². The quantitative estimate of drug-likeness (QED) is 0.147. The van der Waals surface area contributed by atoms with E-state index in [1.165, 1.54) is 31.9 Å². The molecule has 37 heavy (non-hydrogen) atoms. The molecule has 2 aromatic heterocycles. The molecule has 0 aliphatic carbocycles. The molecule has 7 heteroatoms. The number of nitrogens with one attached hydrogen (secondary N) is 1. The first kappa shape index (κ1) is 25.6. The normalized spacial score (nSPS) is 16.4. The third-order valence-corrected chi connectivity index (χ3v) is 7.68. The number of carbonyl (C=O) groups excluding carboxylic acids is 1. The molecular weight excluding hydrogens is 487 g/mol. The highest BCUT2D eigenvalue weighted by molar-refractivity contribution is 6.31. The smallest absolute Gasteiger partial charge is 0.159 e. The summed E-state index contributed by atoms with van der Waals surface area (Å²) in [6, 6.07) is 12.9. The van der Waals surface area contributed by atoms with Crippen molar-refractivity contribution >= 4 is 50.6 Å². The van der Waals surface area contributed by atoms with E-state index in [1.807, 2.05) is 18.3 Å². The lowest BCUT2D eigenvalue weighted by Crippen LogP contribution is -2.38. The fraction of sp³-hybridized carbons (Fsp3) is 0.367. The molecule has 0 bridgehead atoms. The zero-order valence-corrected chi connectivity index (χ0v) is 22.1. The summed E-state index contributed by atoms with van der Waals surface area (Å²) in [4.78, 5) is 24.2. The van der Waals surface area contributed by atoms with Crippen LogP contribution in [0, 0.1) is 5.82 Å². The number of hydrogen-bond donors (Lipinski definition) is 1. The molecule has 1 unspecified atom stereocenters. The van der Waals surface area contributed by atoms with Gasteiger partial charge in [0.2, 0.25) is 0 Å². The number of fused-ring (bicyclic) bond motifs is 3. The minimum Gasteiger partial charge on any atom is -0.340 e. The molecule has 1 fully saturated rings. The molecule has 3 heterocycles. The summed E-state index contributed by atoms with van der Waals surface area (Å²) in [5.74, 6) is 0.132. The maximum atomic E-state index is 13.7. The molecule has 0 saturated carbocycles.